The van der Waals surface area contributed by atoms with Crippen LogP contribution in [0.4, 0.5) is 0 Å². The van der Waals surface area contributed by atoms with E-state index in [1.54, 1.807) is 22.7 Å². The van der Waals surface area contributed by atoms with E-state index in [0.717, 1.165) is 5.56 Å². The Morgan fingerprint density at radius 3 is 2.74 bits per heavy atom. The molecule has 3 rings (SSSR count). The molecule has 6 nitrogen and oxygen atoms in total. The summed E-state index contributed by atoms with van der Waals surface area (Å²) in [4.78, 5) is 38.2. The Morgan fingerprint density at radius 1 is 1.35 bits per heavy atom. The fraction of sp³-hybridized carbons (Fsp3) is 0.438. The second-order valence-corrected chi connectivity index (χ2v) is 7.80. The van der Waals surface area contributed by atoms with Gasteiger partial charge in [0, 0.05) is 10.3 Å². The summed E-state index contributed by atoms with van der Waals surface area (Å²) in [6, 6.07) is 6.79. The lowest BCUT2D eigenvalue weighted by molar-refractivity contribution is -0.141. The highest BCUT2D eigenvalue weighted by Crippen LogP contribution is 2.56. The van der Waals surface area contributed by atoms with Crippen LogP contribution in [0.15, 0.2) is 24.3 Å². The molecule has 2 heterocycles. The summed E-state index contributed by atoms with van der Waals surface area (Å²) in [5, 5.41) is 2.41. The van der Waals surface area contributed by atoms with Crippen molar-refractivity contribution in [1.29, 1.82) is 0 Å². The Hall–Kier alpha value is -2.02. The maximum Gasteiger partial charge on any atom is 0.325 e. The first-order valence-corrected chi connectivity index (χ1v) is 8.18. The molecule has 1 N–H and O–H groups in total. The molecule has 23 heavy (non-hydrogen) atoms. The van der Waals surface area contributed by atoms with Crippen molar-refractivity contribution >= 4 is 29.5 Å². The molecular formula is C16H18N2O4S. The number of nitrogens with zero attached hydrogens (tertiary/aromatic N) is 1. The van der Waals surface area contributed by atoms with Gasteiger partial charge in [-0.3, -0.25) is 14.4 Å². The molecule has 0 saturated carbocycles. The minimum Gasteiger partial charge on any atom is -0.468 e. The highest BCUT2D eigenvalue weighted by atomic mass is 32.2. The molecule has 0 radical (unpaired) electrons. The quantitative estimate of drug-likeness (QED) is 0.844. The third-order valence-corrected chi connectivity index (χ3v) is 5.71. The molecule has 1 aromatic rings. The first-order valence-electron chi connectivity index (χ1n) is 7.31. The molecule has 1 saturated heterocycles. The van der Waals surface area contributed by atoms with Crippen molar-refractivity contribution in [2.75, 3.05) is 13.7 Å². The van der Waals surface area contributed by atoms with E-state index in [4.69, 9.17) is 0 Å². The number of carbonyl (C=O) groups excluding carboxylic acids is 3. The number of fused-ring (bicyclic) bond motifs is 3. The number of methoxy groups -OCH3 is 1. The zero-order valence-corrected chi connectivity index (χ0v) is 14.0. The van der Waals surface area contributed by atoms with Crippen LogP contribution < -0.4 is 5.32 Å². The summed E-state index contributed by atoms with van der Waals surface area (Å²) in [5.41, 5.74) is 1.59. The van der Waals surface area contributed by atoms with E-state index < -0.39 is 16.8 Å². The summed E-state index contributed by atoms with van der Waals surface area (Å²) in [6.07, 6.45) is 0. The number of benzene rings is 1. The Balaban J connectivity index is 1.88. The number of esters is 1. The van der Waals surface area contributed by atoms with Gasteiger partial charge in [-0.25, -0.2) is 0 Å². The number of hydrogen-bond acceptors (Lipinski definition) is 5. The van der Waals surface area contributed by atoms with Crippen molar-refractivity contribution in [3.63, 3.8) is 0 Å². The van der Waals surface area contributed by atoms with Crippen LogP contribution >= 0.6 is 11.8 Å². The van der Waals surface area contributed by atoms with Gasteiger partial charge in [0.2, 0.25) is 5.91 Å². The van der Waals surface area contributed by atoms with E-state index in [-0.39, 0.29) is 23.7 Å². The topological polar surface area (TPSA) is 75.7 Å². The lowest BCUT2D eigenvalue weighted by Crippen LogP contribution is -2.53. The number of rotatable bonds is 3. The van der Waals surface area contributed by atoms with Gasteiger partial charge in [0.25, 0.3) is 5.91 Å². The first kappa shape index (κ1) is 15.9. The Labute approximate surface area is 138 Å². The van der Waals surface area contributed by atoms with Crippen LogP contribution in [0, 0.1) is 0 Å². The number of carbonyl (C=O) groups is 3. The number of amides is 2. The predicted molar refractivity (Wildman–Crippen MR) is 85.8 cm³/mol. The van der Waals surface area contributed by atoms with Crippen molar-refractivity contribution in [2.24, 2.45) is 0 Å². The number of nitrogens with one attached hydrogen (secondary N) is 1. The van der Waals surface area contributed by atoms with Crippen molar-refractivity contribution in [1.82, 2.24) is 10.2 Å². The van der Waals surface area contributed by atoms with Gasteiger partial charge in [0.15, 0.2) is 0 Å². The van der Waals surface area contributed by atoms with Gasteiger partial charge in [-0.1, -0.05) is 18.2 Å². The molecule has 122 valence electrons. The molecule has 0 aromatic heterocycles. The molecule has 0 bridgehead atoms. The van der Waals surface area contributed by atoms with Gasteiger partial charge in [0.1, 0.15) is 18.0 Å². The Morgan fingerprint density at radius 2 is 2.04 bits per heavy atom. The molecule has 0 aliphatic carbocycles. The van der Waals surface area contributed by atoms with Gasteiger partial charge in [-0.15, -0.1) is 11.8 Å². The maximum absolute atomic E-state index is 12.7. The fourth-order valence-corrected chi connectivity index (χ4v) is 4.72. The van der Waals surface area contributed by atoms with Crippen LogP contribution in [0.25, 0.3) is 0 Å². The van der Waals surface area contributed by atoms with Crippen LogP contribution in [-0.2, 0) is 14.3 Å². The van der Waals surface area contributed by atoms with E-state index in [2.05, 4.69) is 10.1 Å². The second-order valence-electron chi connectivity index (χ2n) is 6.07. The Kier molecular flexibility index (Phi) is 3.83. The molecule has 0 unspecified atom stereocenters. The molecule has 2 amide bonds. The molecule has 2 aliphatic heterocycles. The number of thioether (sulfide) groups is 1. The van der Waals surface area contributed by atoms with Crippen molar-refractivity contribution < 1.29 is 19.1 Å². The number of ether oxygens (including phenoxy) is 1. The summed E-state index contributed by atoms with van der Waals surface area (Å²) < 4.78 is 4.08. The van der Waals surface area contributed by atoms with E-state index in [1.165, 1.54) is 7.11 Å². The Bertz CT molecular complexity index is 688. The summed E-state index contributed by atoms with van der Waals surface area (Å²) in [6.45, 7) is 3.68. The van der Waals surface area contributed by atoms with Crippen LogP contribution in [0.1, 0.15) is 35.1 Å². The lowest BCUT2D eigenvalue weighted by Gasteiger charge is -2.29. The molecule has 1 aromatic carbocycles. The predicted octanol–water partition coefficient (Wildman–Crippen LogP) is 1.32. The minimum atomic E-state index is -0.637. The summed E-state index contributed by atoms with van der Waals surface area (Å²) in [5.74, 6) is -0.993. The van der Waals surface area contributed by atoms with Gasteiger partial charge in [0.05, 0.1) is 7.11 Å². The van der Waals surface area contributed by atoms with Crippen molar-refractivity contribution in [3.05, 3.63) is 35.4 Å². The molecular weight excluding hydrogens is 316 g/mol. The van der Waals surface area contributed by atoms with E-state index in [1.807, 2.05) is 32.0 Å². The zero-order valence-electron chi connectivity index (χ0n) is 13.2. The monoisotopic (exact) mass is 334 g/mol. The largest absolute Gasteiger partial charge is 0.468 e. The highest BCUT2D eigenvalue weighted by Gasteiger charge is 2.57. The molecule has 2 aliphatic rings. The molecule has 7 heteroatoms. The van der Waals surface area contributed by atoms with Gasteiger partial charge in [-0.2, -0.15) is 0 Å². The summed E-state index contributed by atoms with van der Waals surface area (Å²) >= 11 is 1.59. The van der Waals surface area contributed by atoms with E-state index >= 15 is 0 Å². The molecule has 1 fully saturated rings. The first-order chi connectivity index (χ1) is 10.9. The average Bonchev–Trinajstić information content (AvgIpc) is 2.95. The SMILES string of the molecule is COC(=O)CNC(=O)[C@H]1N2C(=O)c3ccccc3[C@H]2SC1(C)C. The highest BCUT2D eigenvalue weighted by molar-refractivity contribution is 8.01. The van der Waals surface area contributed by atoms with Gasteiger partial charge < -0.3 is 15.0 Å². The van der Waals surface area contributed by atoms with E-state index in [9.17, 15) is 14.4 Å². The minimum absolute atomic E-state index is 0.137. The lowest BCUT2D eigenvalue weighted by atomic mass is 10.0. The zero-order chi connectivity index (χ0) is 16.8. The van der Waals surface area contributed by atoms with Crippen LogP contribution in [-0.4, -0.2) is 47.1 Å². The maximum atomic E-state index is 12.7. The fourth-order valence-electron chi connectivity index (χ4n) is 3.13. The standard InChI is InChI=1S/C16H18N2O4S/c1-16(2)12(13(20)17-8-11(19)22-3)18-14(21)9-6-4-5-7-10(9)15(18)23-16/h4-7,12,15H,8H2,1-3H3,(H,17,20)/t12-,15-/m1/s1. The van der Waals surface area contributed by atoms with Crippen LogP contribution in [0.5, 0.6) is 0 Å². The smallest absolute Gasteiger partial charge is 0.325 e. The average molecular weight is 334 g/mol. The third kappa shape index (κ3) is 2.49. The normalized spacial score (nSPS) is 24.1. The van der Waals surface area contributed by atoms with Crippen LogP contribution in [0.3, 0.4) is 0 Å². The van der Waals surface area contributed by atoms with Crippen LogP contribution in [0.2, 0.25) is 0 Å². The van der Waals surface area contributed by atoms with E-state index in [0.29, 0.717) is 5.56 Å². The molecule has 2 atom stereocenters. The molecule has 0 spiro atoms. The summed E-state index contributed by atoms with van der Waals surface area (Å²) in [7, 11) is 1.26. The van der Waals surface area contributed by atoms with Gasteiger partial charge >= 0.3 is 5.97 Å². The van der Waals surface area contributed by atoms with Crippen molar-refractivity contribution in [2.45, 2.75) is 30.0 Å². The van der Waals surface area contributed by atoms with Gasteiger partial charge in [-0.05, 0) is 25.5 Å². The number of hydrogen-bond donors (Lipinski definition) is 1. The second kappa shape index (κ2) is 5.56. The van der Waals surface area contributed by atoms with Crippen molar-refractivity contribution in [3.8, 4) is 0 Å². The third-order valence-electron chi connectivity index (χ3n) is 4.18.